The number of phenols is 1. The SMILES string of the molecule is CN[C@H](C)c1ccc(-c2c(O)cc(C)c3c2C2=CCSC2=C(O)N3)cc1. The summed E-state index contributed by atoms with van der Waals surface area (Å²) in [5, 5.41) is 27.5. The second kappa shape index (κ2) is 6.41. The molecule has 4 nitrogen and oxygen atoms in total. The fraction of sp³-hybridized carbons (Fsp3) is 0.238. The van der Waals surface area contributed by atoms with Gasteiger partial charge in [-0.15, -0.1) is 11.8 Å². The van der Waals surface area contributed by atoms with Gasteiger partial charge in [0.05, 0.1) is 10.6 Å². The third kappa shape index (κ3) is 2.59. The predicted molar refractivity (Wildman–Crippen MR) is 109 cm³/mol. The Morgan fingerprint density at radius 2 is 1.88 bits per heavy atom. The molecule has 2 aromatic carbocycles. The largest absolute Gasteiger partial charge is 0.507 e. The molecule has 5 heteroatoms. The summed E-state index contributed by atoms with van der Waals surface area (Å²) in [7, 11) is 1.94. The van der Waals surface area contributed by atoms with E-state index in [9.17, 15) is 10.2 Å². The standard InChI is InChI=1S/C21H22N2O2S/c1-11-10-16(24)17(14-6-4-13(5-7-14)12(2)22-3)18-15-8-9-26-20(15)21(25)23-19(11)18/h4-8,10,12,22-25H,9H2,1-3H3/t12-/m1/s1. The van der Waals surface area contributed by atoms with Crippen LogP contribution in [0.25, 0.3) is 16.7 Å². The Hall–Kier alpha value is -2.37. The van der Waals surface area contributed by atoms with E-state index < -0.39 is 0 Å². The molecule has 2 aliphatic heterocycles. The highest BCUT2D eigenvalue weighted by Crippen LogP contribution is 2.52. The second-order valence-corrected chi connectivity index (χ2v) is 7.73. The minimum atomic E-state index is 0.198. The van der Waals surface area contributed by atoms with Crippen molar-refractivity contribution >= 4 is 23.0 Å². The maximum absolute atomic E-state index is 10.8. The highest BCUT2D eigenvalue weighted by Gasteiger charge is 2.31. The molecule has 4 N–H and O–H groups in total. The first kappa shape index (κ1) is 17.1. The van der Waals surface area contributed by atoms with Gasteiger partial charge in [-0.3, -0.25) is 0 Å². The van der Waals surface area contributed by atoms with E-state index >= 15 is 0 Å². The Morgan fingerprint density at radius 1 is 1.15 bits per heavy atom. The number of hydrogen-bond donors (Lipinski definition) is 4. The summed E-state index contributed by atoms with van der Waals surface area (Å²) in [6.45, 7) is 4.05. The zero-order chi connectivity index (χ0) is 18.4. The smallest absolute Gasteiger partial charge is 0.203 e. The summed E-state index contributed by atoms with van der Waals surface area (Å²) < 4.78 is 0. The number of anilines is 1. The number of nitrogens with one attached hydrogen (secondary N) is 2. The molecule has 0 radical (unpaired) electrons. The molecule has 2 aliphatic rings. The highest BCUT2D eigenvalue weighted by molar-refractivity contribution is 8.04. The van der Waals surface area contributed by atoms with Crippen molar-refractivity contribution in [2.45, 2.75) is 19.9 Å². The minimum absolute atomic E-state index is 0.198. The Bertz CT molecular complexity index is 945. The van der Waals surface area contributed by atoms with Gasteiger partial charge in [0.15, 0.2) is 0 Å². The van der Waals surface area contributed by atoms with Crippen molar-refractivity contribution in [3.05, 3.63) is 63.9 Å². The molecule has 0 unspecified atom stereocenters. The van der Waals surface area contributed by atoms with Crippen LogP contribution >= 0.6 is 11.8 Å². The van der Waals surface area contributed by atoms with Crippen LogP contribution in [0.4, 0.5) is 5.69 Å². The van der Waals surface area contributed by atoms with Gasteiger partial charge in [0, 0.05) is 28.5 Å². The average molecular weight is 366 g/mol. The van der Waals surface area contributed by atoms with Crippen molar-refractivity contribution in [2.24, 2.45) is 0 Å². The molecule has 0 aromatic heterocycles. The van der Waals surface area contributed by atoms with Gasteiger partial charge in [-0.1, -0.05) is 30.3 Å². The number of aliphatic hydroxyl groups is 1. The maximum atomic E-state index is 10.8. The Morgan fingerprint density at radius 3 is 2.58 bits per heavy atom. The van der Waals surface area contributed by atoms with Gasteiger partial charge in [0.1, 0.15) is 5.75 Å². The predicted octanol–water partition coefficient (Wildman–Crippen LogP) is 4.93. The summed E-state index contributed by atoms with van der Waals surface area (Å²) in [6, 6.07) is 10.3. The van der Waals surface area contributed by atoms with Crippen molar-refractivity contribution in [1.29, 1.82) is 0 Å². The number of phenolic OH excluding ortho intramolecular Hbond substituents is 1. The van der Waals surface area contributed by atoms with E-state index in [1.165, 1.54) is 5.56 Å². The molecule has 0 spiro atoms. The number of aryl methyl sites for hydroxylation is 1. The van der Waals surface area contributed by atoms with Gasteiger partial charge in [0.25, 0.3) is 0 Å². The highest BCUT2D eigenvalue weighted by atomic mass is 32.2. The second-order valence-electron chi connectivity index (χ2n) is 6.70. The molecule has 26 heavy (non-hydrogen) atoms. The van der Waals surface area contributed by atoms with Crippen LogP contribution in [0, 0.1) is 6.92 Å². The average Bonchev–Trinajstić information content (AvgIpc) is 3.13. The quantitative estimate of drug-likeness (QED) is 0.580. The molecule has 0 bridgehead atoms. The third-order valence-electron chi connectivity index (χ3n) is 5.12. The van der Waals surface area contributed by atoms with Crippen LogP contribution in [0.5, 0.6) is 5.75 Å². The molecule has 2 heterocycles. The molecular weight excluding hydrogens is 344 g/mol. The van der Waals surface area contributed by atoms with E-state index in [0.29, 0.717) is 0 Å². The molecular formula is C21H22N2O2S. The minimum Gasteiger partial charge on any atom is -0.507 e. The molecule has 0 fully saturated rings. The Labute approximate surface area is 157 Å². The number of allylic oxidation sites excluding steroid dienone is 1. The lowest BCUT2D eigenvalue weighted by molar-refractivity contribution is 0.417. The topological polar surface area (TPSA) is 64.5 Å². The molecule has 134 valence electrons. The number of thioether (sulfide) groups is 1. The molecule has 0 saturated heterocycles. The number of benzene rings is 2. The van der Waals surface area contributed by atoms with Crippen molar-refractivity contribution in [2.75, 3.05) is 18.1 Å². The van der Waals surface area contributed by atoms with Gasteiger partial charge in [-0.25, -0.2) is 0 Å². The molecule has 4 rings (SSSR count). The molecule has 0 saturated carbocycles. The van der Waals surface area contributed by atoms with Crippen molar-refractivity contribution < 1.29 is 10.2 Å². The first-order valence-electron chi connectivity index (χ1n) is 8.69. The van der Waals surface area contributed by atoms with Crippen LogP contribution in [-0.4, -0.2) is 23.0 Å². The zero-order valence-corrected chi connectivity index (χ0v) is 15.9. The number of aromatic hydroxyl groups is 1. The van der Waals surface area contributed by atoms with E-state index in [2.05, 4.69) is 35.8 Å². The van der Waals surface area contributed by atoms with E-state index in [-0.39, 0.29) is 17.7 Å². The van der Waals surface area contributed by atoms with Crippen LogP contribution in [0.3, 0.4) is 0 Å². The maximum Gasteiger partial charge on any atom is 0.203 e. The number of aliphatic hydroxyl groups excluding tert-OH is 1. The third-order valence-corrected chi connectivity index (χ3v) is 6.16. The van der Waals surface area contributed by atoms with Gasteiger partial charge < -0.3 is 20.8 Å². The van der Waals surface area contributed by atoms with Crippen molar-refractivity contribution in [3.63, 3.8) is 0 Å². The van der Waals surface area contributed by atoms with E-state index in [1.54, 1.807) is 17.8 Å². The monoisotopic (exact) mass is 366 g/mol. The van der Waals surface area contributed by atoms with Crippen molar-refractivity contribution in [3.8, 4) is 16.9 Å². The van der Waals surface area contributed by atoms with Gasteiger partial charge >= 0.3 is 0 Å². The summed E-state index contributed by atoms with van der Waals surface area (Å²) in [4.78, 5) is 0.851. The Balaban J connectivity index is 1.91. The molecule has 0 amide bonds. The number of hydrogen-bond acceptors (Lipinski definition) is 5. The van der Waals surface area contributed by atoms with Gasteiger partial charge in [-0.05, 0) is 43.7 Å². The first-order chi connectivity index (χ1) is 12.5. The van der Waals surface area contributed by atoms with Gasteiger partial charge in [-0.2, -0.15) is 0 Å². The summed E-state index contributed by atoms with van der Waals surface area (Å²) in [5.74, 6) is 1.28. The number of fused-ring (bicyclic) bond motifs is 3. The van der Waals surface area contributed by atoms with E-state index in [4.69, 9.17) is 0 Å². The molecule has 1 atom stereocenters. The van der Waals surface area contributed by atoms with Crippen LogP contribution < -0.4 is 10.6 Å². The molecule has 2 aromatic rings. The first-order valence-corrected chi connectivity index (χ1v) is 9.68. The van der Waals surface area contributed by atoms with E-state index in [1.807, 2.05) is 26.1 Å². The van der Waals surface area contributed by atoms with Crippen LogP contribution in [-0.2, 0) is 0 Å². The summed E-state index contributed by atoms with van der Waals surface area (Å²) >= 11 is 1.61. The fourth-order valence-corrected chi connectivity index (χ4v) is 4.54. The van der Waals surface area contributed by atoms with Crippen molar-refractivity contribution in [1.82, 2.24) is 5.32 Å². The lowest BCUT2D eigenvalue weighted by Gasteiger charge is -2.26. The number of rotatable bonds is 3. The van der Waals surface area contributed by atoms with Crippen LogP contribution in [0.1, 0.15) is 29.7 Å². The fourth-order valence-electron chi connectivity index (χ4n) is 3.59. The van der Waals surface area contributed by atoms with Crippen LogP contribution in [0.15, 0.2) is 47.2 Å². The molecule has 0 aliphatic carbocycles. The van der Waals surface area contributed by atoms with Crippen LogP contribution in [0.2, 0.25) is 0 Å². The summed E-state index contributed by atoms with van der Waals surface area (Å²) in [5.41, 5.74) is 6.71. The summed E-state index contributed by atoms with van der Waals surface area (Å²) in [6.07, 6.45) is 2.12. The zero-order valence-electron chi connectivity index (χ0n) is 15.1. The van der Waals surface area contributed by atoms with Gasteiger partial charge in [0.2, 0.25) is 5.88 Å². The lowest BCUT2D eigenvalue weighted by Crippen LogP contribution is -2.13. The van der Waals surface area contributed by atoms with E-state index in [0.717, 1.165) is 44.2 Å². The lowest BCUT2D eigenvalue weighted by atomic mass is 9.87. The normalized spacial score (nSPS) is 16.7. The Kier molecular flexibility index (Phi) is 4.21.